The van der Waals surface area contributed by atoms with Crippen LogP contribution in [-0.4, -0.2) is 35.4 Å². The van der Waals surface area contributed by atoms with Gasteiger partial charge in [-0.25, -0.2) is 13.4 Å². The van der Waals surface area contributed by atoms with Gasteiger partial charge in [-0.2, -0.15) is 4.31 Å². The van der Waals surface area contributed by atoms with E-state index in [1.165, 1.54) is 0 Å². The highest BCUT2D eigenvalue weighted by atomic mass is 35.5. The van der Waals surface area contributed by atoms with Crippen LogP contribution in [0.15, 0.2) is 47.4 Å². The minimum atomic E-state index is -3.51. The standard InChI is InChI=1S/C22H23Cl2N3O2S/c1-2-27-21-11-10-18(30(28,29)26-12-4-3-5-13-26)15-20(21)25-22(27)19(24)14-16-6-8-17(23)9-7-16/h6-11,14-15H,2-5,12-13H2,1H3. The van der Waals surface area contributed by atoms with E-state index < -0.39 is 10.0 Å². The van der Waals surface area contributed by atoms with Crippen molar-refractivity contribution in [1.29, 1.82) is 0 Å². The Hall–Kier alpha value is -1.86. The third-order valence-electron chi connectivity index (χ3n) is 5.37. The van der Waals surface area contributed by atoms with Gasteiger partial charge in [0.1, 0.15) is 0 Å². The topological polar surface area (TPSA) is 55.2 Å². The number of fused-ring (bicyclic) bond motifs is 1. The minimum absolute atomic E-state index is 0.280. The molecule has 0 N–H and O–H groups in total. The Morgan fingerprint density at radius 3 is 2.47 bits per heavy atom. The van der Waals surface area contributed by atoms with Crippen molar-refractivity contribution in [2.24, 2.45) is 0 Å². The fourth-order valence-electron chi connectivity index (χ4n) is 3.80. The van der Waals surface area contributed by atoms with Gasteiger partial charge in [0.25, 0.3) is 0 Å². The van der Waals surface area contributed by atoms with Crippen molar-refractivity contribution in [3.8, 4) is 0 Å². The maximum Gasteiger partial charge on any atom is 0.243 e. The van der Waals surface area contributed by atoms with E-state index in [9.17, 15) is 8.42 Å². The van der Waals surface area contributed by atoms with E-state index in [2.05, 4.69) is 4.98 Å². The molecule has 0 bridgehead atoms. The van der Waals surface area contributed by atoms with E-state index >= 15 is 0 Å². The lowest BCUT2D eigenvalue weighted by atomic mass is 10.2. The molecular weight excluding hydrogens is 441 g/mol. The molecule has 0 saturated carbocycles. The van der Waals surface area contributed by atoms with Crippen LogP contribution in [0.2, 0.25) is 5.02 Å². The van der Waals surface area contributed by atoms with E-state index in [1.54, 1.807) is 28.6 Å². The molecule has 0 radical (unpaired) electrons. The first kappa shape index (κ1) is 21.4. The molecule has 0 spiro atoms. The third-order valence-corrected chi connectivity index (χ3v) is 7.79. The van der Waals surface area contributed by atoms with Crippen LogP contribution in [0.3, 0.4) is 0 Å². The quantitative estimate of drug-likeness (QED) is 0.493. The molecule has 0 unspecified atom stereocenters. The summed E-state index contributed by atoms with van der Waals surface area (Å²) in [5.41, 5.74) is 2.38. The third kappa shape index (κ3) is 4.14. The zero-order valence-electron chi connectivity index (χ0n) is 16.7. The molecular formula is C22H23Cl2N3O2S. The number of hydrogen-bond acceptors (Lipinski definition) is 3. The van der Waals surface area contributed by atoms with Gasteiger partial charge in [-0.05, 0) is 61.7 Å². The van der Waals surface area contributed by atoms with Crippen LogP contribution in [0.1, 0.15) is 37.6 Å². The summed E-state index contributed by atoms with van der Waals surface area (Å²) >= 11 is 12.6. The summed E-state index contributed by atoms with van der Waals surface area (Å²) in [5, 5.41) is 1.14. The second-order valence-electron chi connectivity index (χ2n) is 7.34. The van der Waals surface area contributed by atoms with Crippen molar-refractivity contribution in [3.63, 3.8) is 0 Å². The molecule has 0 aliphatic carbocycles. The smallest absolute Gasteiger partial charge is 0.243 e. The Morgan fingerprint density at radius 1 is 1.10 bits per heavy atom. The summed E-state index contributed by atoms with van der Waals surface area (Å²) in [6.45, 7) is 3.82. The molecule has 1 fully saturated rings. The van der Waals surface area contributed by atoms with Gasteiger partial charge < -0.3 is 4.57 Å². The normalized spacial score (nSPS) is 16.3. The summed E-state index contributed by atoms with van der Waals surface area (Å²) in [7, 11) is -3.51. The molecule has 1 aliphatic heterocycles. The molecule has 1 aromatic heterocycles. The van der Waals surface area contributed by atoms with Crippen LogP contribution < -0.4 is 0 Å². The number of halogens is 2. The van der Waals surface area contributed by atoms with Gasteiger partial charge in [-0.3, -0.25) is 0 Å². The van der Waals surface area contributed by atoms with Crippen LogP contribution >= 0.6 is 23.2 Å². The van der Waals surface area contributed by atoms with Crippen molar-refractivity contribution in [2.45, 2.75) is 37.6 Å². The summed E-state index contributed by atoms with van der Waals surface area (Å²) in [6, 6.07) is 12.5. The predicted molar refractivity (Wildman–Crippen MR) is 123 cm³/mol. The van der Waals surface area contributed by atoms with Gasteiger partial charge in [-0.1, -0.05) is 41.8 Å². The zero-order chi connectivity index (χ0) is 21.3. The number of sulfonamides is 1. The molecule has 0 atom stereocenters. The number of benzene rings is 2. The molecule has 8 heteroatoms. The van der Waals surface area contributed by atoms with Crippen LogP contribution in [0.5, 0.6) is 0 Å². The van der Waals surface area contributed by atoms with Gasteiger partial charge >= 0.3 is 0 Å². The average molecular weight is 464 g/mol. The van der Waals surface area contributed by atoms with Crippen molar-refractivity contribution in [2.75, 3.05) is 13.1 Å². The number of aryl methyl sites for hydroxylation is 1. The van der Waals surface area contributed by atoms with E-state index in [1.807, 2.05) is 35.8 Å². The molecule has 158 valence electrons. The first-order valence-corrected chi connectivity index (χ1v) is 12.2. The minimum Gasteiger partial charge on any atom is -0.324 e. The number of aromatic nitrogens is 2. The Morgan fingerprint density at radius 2 is 1.80 bits per heavy atom. The number of nitrogens with zero attached hydrogens (tertiary/aromatic N) is 3. The lowest BCUT2D eigenvalue weighted by molar-refractivity contribution is 0.346. The van der Waals surface area contributed by atoms with Gasteiger partial charge in [0, 0.05) is 24.7 Å². The van der Waals surface area contributed by atoms with Crippen LogP contribution in [0, 0.1) is 0 Å². The molecule has 5 nitrogen and oxygen atoms in total. The van der Waals surface area contributed by atoms with Gasteiger partial charge in [-0.15, -0.1) is 0 Å². The maximum atomic E-state index is 13.0. The molecule has 0 amide bonds. The van der Waals surface area contributed by atoms with E-state index in [0.29, 0.717) is 41.0 Å². The number of piperidine rings is 1. The summed E-state index contributed by atoms with van der Waals surface area (Å²) < 4.78 is 29.6. The Bertz CT molecular complexity index is 1200. The number of rotatable bonds is 5. The lowest BCUT2D eigenvalue weighted by Gasteiger charge is -2.25. The van der Waals surface area contributed by atoms with Gasteiger partial charge in [0.2, 0.25) is 10.0 Å². The number of hydrogen-bond donors (Lipinski definition) is 0. The molecule has 2 aromatic carbocycles. The highest BCUT2D eigenvalue weighted by Gasteiger charge is 2.26. The van der Waals surface area contributed by atoms with Crippen molar-refractivity contribution >= 4 is 55.4 Å². The molecule has 2 heterocycles. The number of imidazole rings is 1. The highest BCUT2D eigenvalue weighted by molar-refractivity contribution is 7.89. The first-order chi connectivity index (χ1) is 14.4. The highest BCUT2D eigenvalue weighted by Crippen LogP contribution is 2.29. The second-order valence-corrected chi connectivity index (χ2v) is 10.1. The molecule has 3 aromatic rings. The van der Waals surface area contributed by atoms with Crippen molar-refractivity contribution in [1.82, 2.24) is 13.9 Å². The summed E-state index contributed by atoms with van der Waals surface area (Å²) in [5.74, 6) is 0.608. The van der Waals surface area contributed by atoms with E-state index in [4.69, 9.17) is 23.2 Å². The zero-order valence-corrected chi connectivity index (χ0v) is 19.0. The lowest BCUT2D eigenvalue weighted by Crippen LogP contribution is -2.35. The van der Waals surface area contributed by atoms with Crippen molar-refractivity contribution in [3.05, 3.63) is 58.9 Å². The largest absolute Gasteiger partial charge is 0.324 e. The Kier molecular flexibility index (Phi) is 6.21. The molecule has 1 saturated heterocycles. The predicted octanol–water partition coefficient (Wildman–Crippen LogP) is 5.62. The fraction of sp³-hybridized carbons (Fsp3) is 0.318. The van der Waals surface area contributed by atoms with E-state index in [0.717, 1.165) is 30.3 Å². The first-order valence-electron chi connectivity index (χ1n) is 10.0. The molecule has 4 rings (SSSR count). The monoisotopic (exact) mass is 463 g/mol. The molecule has 1 aliphatic rings. The molecule has 30 heavy (non-hydrogen) atoms. The second kappa shape index (κ2) is 8.71. The van der Waals surface area contributed by atoms with Crippen LogP contribution in [0.25, 0.3) is 22.1 Å². The van der Waals surface area contributed by atoms with Gasteiger partial charge in [0.15, 0.2) is 5.82 Å². The van der Waals surface area contributed by atoms with Crippen LogP contribution in [-0.2, 0) is 16.6 Å². The van der Waals surface area contributed by atoms with Gasteiger partial charge in [0.05, 0.1) is 21.0 Å². The SMILES string of the molecule is CCn1c(C(Cl)=Cc2ccc(Cl)cc2)nc2cc(S(=O)(=O)N3CCCCC3)ccc21. The Labute approximate surface area is 187 Å². The average Bonchev–Trinajstić information content (AvgIpc) is 3.14. The maximum absolute atomic E-state index is 13.0. The van der Waals surface area contributed by atoms with Crippen molar-refractivity contribution < 1.29 is 8.42 Å². The Balaban J connectivity index is 1.74. The fourth-order valence-corrected chi connectivity index (χ4v) is 5.73. The summed E-state index contributed by atoms with van der Waals surface area (Å²) in [4.78, 5) is 4.95. The van der Waals surface area contributed by atoms with E-state index in [-0.39, 0.29) is 4.90 Å². The summed E-state index contributed by atoms with van der Waals surface area (Å²) in [6.07, 6.45) is 4.72. The van der Waals surface area contributed by atoms with Crippen LogP contribution in [0.4, 0.5) is 0 Å².